The lowest BCUT2D eigenvalue weighted by molar-refractivity contribution is 0.0766. The van der Waals surface area contributed by atoms with Crippen LogP contribution in [0.15, 0.2) is 36.4 Å². The van der Waals surface area contributed by atoms with Gasteiger partial charge in [0.25, 0.3) is 5.91 Å². The van der Waals surface area contributed by atoms with Gasteiger partial charge in [0.1, 0.15) is 0 Å². The van der Waals surface area contributed by atoms with Crippen LogP contribution in [0.5, 0.6) is 0 Å². The zero-order valence-corrected chi connectivity index (χ0v) is 14.4. The van der Waals surface area contributed by atoms with Crippen LogP contribution < -0.4 is 0 Å². The Bertz CT molecular complexity index is 662. The highest BCUT2D eigenvalue weighted by Crippen LogP contribution is 2.30. The standard InChI is InChI=1S/C20H27NO2/c1-4-7-12-18(22)17-14-13-15-10-8-9-11-16(15)19(17)20(23)21(5-2)6-3/h8-11,13-14,18,22H,4-7,12H2,1-3H3/t18-/m1/s1. The summed E-state index contributed by atoms with van der Waals surface area (Å²) in [6.45, 7) is 7.42. The molecular formula is C20H27NO2. The van der Waals surface area contributed by atoms with Gasteiger partial charge in [0.2, 0.25) is 0 Å². The first-order chi connectivity index (χ1) is 11.1. The van der Waals surface area contributed by atoms with Gasteiger partial charge in [-0.05, 0) is 36.6 Å². The van der Waals surface area contributed by atoms with E-state index in [2.05, 4.69) is 6.92 Å². The molecule has 3 nitrogen and oxygen atoms in total. The van der Waals surface area contributed by atoms with Crippen molar-refractivity contribution in [1.29, 1.82) is 0 Å². The van der Waals surface area contributed by atoms with E-state index < -0.39 is 6.10 Å². The molecule has 124 valence electrons. The molecule has 3 heteroatoms. The molecule has 0 saturated heterocycles. The number of hydrogen-bond acceptors (Lipinski definition) is 2. The Morgan fingerprint density at radius 2 is 1.78 bits per heavy atom. The van der Waals surface area contributed by atoms with Crippen molar-refractivity contribution in [1.82, 2.24) is 4.90 Å². The molecule has 0 radical (unpaired) electrons. The summed E-state index contributed by atoms with van der Waals surface area (Å²) in [5.41, 5.74) is 1.42. The topological polar surface area (TPSA) is 40.5 Å². The number of hydrogen-bond donors (Lipinski definition) is 1. The number of aliphatic hydroxyl groups excluding tert-OH is 1. The maximum Gasteiger partial charge on any atom is 0.254 e. The van der Waals surface area contributed by atoms with E-state index >= 15 is 0 Å². The Balaban J connectivity index is 2.58. The maximum absolute atomic E-state index is 13.0. The largest absolute Gasteiger partial charge is 0.388 e. The minimum absolute atomic E-state index is 0.0114. The van der Waals surface area contributed by atoms with E-state index in [9.17, 15) is 9.90 Å². The number of aliphatic hydroxyl groups is 1. The molecule has 23 heavy (non-hydrogen) atoms. The first-order valence-electron chi connectivity index (χ1n) is 8.62. The Morgan fingerprint density at radius 1 is 1.09 bits per heavy atom. The second-order valence-electron chi connectivity index (χ2n) is 5.89. The lowest BCUT2D eigenvalue weighted by atomic mass is 9.92. The summed E-state index contributed by atoms with van der Waals surface area (Å²) in [4.78, 5) is 14.9. The quantitative estimate of drug-likeness (QED) is 0.815. The number of unbranched alkanes of at least 4 members (excludes halogenated alkanes) is 1. The first kappa shape index (κ1) is 17.5. The van der Waals surface area contributed by atoms with Crippen molar-refractivity contribution in [2.75, 3.05) is 13.1 Å². The summed E-state index contributed by atoms with van der Waals surface area (Å²) in [6.07, 6.45) is 2.08. The molecule has 0 spiro atoms. The third-order valence-electron chi connectivity index (χ3n) is 4.42. The van der Waals surface area contributed by atoms with Crippen LogP contribution in [0, 0.1) is 0 Å². The third-order valence-corrected chi connectivity index (χ3v) is 4.42. The first-order valence-corrected chi connectivity index (χ1v) is 8.62. The normalized spacial score (nSPS) is 12.3. The van der Waals surface area contributed by atoms with Crippen LogP contribution in [-0.4, -0.2) is 29.0 Å². The monoisotopic (exact) mass is 313 g/mol. The predicted octanol–water partition coefficient (Wildman–Crippen LogP) is 4.55. The molecule has 0 aliphatic carbocycles. The fourth-order valence-corrected chi connectivity index (χ4v) is 3.03. The van der Waals surface area contributed by atoms with Crippen molar-refractivity contribution < 1.29 is 9.90 Å². The molecule has 0 bridgehead atoms. The van der Waals surface area contributed by atoms with Crippen molar-refractivity contribution in [3.63, 3.8) is 0 Å². The number of nitrogens with zero attached hydrogens (tertiary/aromatic N) is 1. The summed E-state index contributed by atoms with van der Waals surface area (Å²) in [6, 6.07) is 11.8. The molecule has 0 aromatic heterocycles. The van der Waals surface area contributed by atoms with Gasteiger partial charge in [-0.3, -0.25) is 4.79 Å². The number of carbonyl (C=O) groups is 1. The van der Waals surface area contributed by atoms with Gasteiger partial charge in [-0.25, -0.2) is 0 Å². The lowest BCUT2D eigenvalue weighted by Gasteiger charge is -2.23. The molecule has 1 amide bonds. The van der Waals surface area contributed by atoms with Crippen molar-refractivity contribution in [2.24, 2.45) is 0 Å². The fourth-order valence-electron chi connectivity index (χ4n) is 3.03. The molecule has 0 fully saturated rings. The summed E-state index contributed by atoms with van der Waals surface area (Å²) < 4.78 is 0. The molecule has 2 aromatic rings. The van der Waals surface area contributed by atoms with Gasteiger partial charge in [0.05, 0.1) is 11.7 Å². The van der Waals surface area contributed by atoms with Crippen molar-refractivity contribution >= 4 is 16.7 Å². The average Bonchev–Trinajstić information content (AvgIpc) is 2.59. The zero-order valence-electron chi connectivity index (χ0n) is 14.4. The molecule has 2 rings (SSSR count). The molecule has 0 unspecified atom stereocenters. The van der Waals surface area contributed by atoms with Crippen LogP contribution in [0.25, 0.3) is 10.8 Å². The SMILES string of the molecule is CCCC[C@@H](O)c1ccc2ccccc2c1C(=O)N(CC)CC. The Kier molecular flexibility index (Phi) is 6.17. The maximum atomic E-state index is 13.0. The molecular weight excluding hydrogens is 286 g/mol. The van der Waals surface area contributed by atoms with E-state index in [4.69, 9.17) is 0 Å². The van der Waals surface area contributed by atoms with Crippen LogP contribution in [-0.2, 0) is 0 Å². The van der Waals surface area contributed by atoms with E-state index in [-0.39, 0.29) is 5.91 Å². The van der Waals surface area contributed by atoms with Gasteiger partial charge < -0.3 is 10.0 Å². The van der Waals surface area contributed by atoms with Crippen LogP contribution in [0.2, 0.25) is 0 Å². The minimum Gasteiger partial charge on any atom is -0.388 e. The summed E-state index contributed by atoms with van der Waals surface area (Å²) >= 11 is 0. The summed E-state index contributed by atoms with van der Waals surface area (Å²) in [5.74, 6) is 0.0114. The van der Waals surface area contributed by atoms with Gasteiger partial charge in [-0.1, -0.05) is 56.2 Å². The molecule has 2 aromatic carbocycles. The smallest absolute Gasteiger partial charge is 0.254 e. The summed E-state index contributed by atoms with van der Waals surface area (Å²) in [7, 11) is 0. The highest BCUT2D eigenvalue weighted by Gasteiger charge is 2.23. The number of amides is 1. The van der Waals surface area contributed by atoms with Crippen molar-refractivity contribution in [3.8, 4) is 0 Å². The number of fused-ring (bicyclic) bond motifs is 1. The third kappa shape index (κ3) is 3.73. The second kappa shape index (κ2) is 8.11. The number of benzene rings is 2. The predicted molar refractivity (Wildman–Crippen MR) is 95.7 cm³/mol. The zero-order chi connectivity index (χ0) is 16.8. The van der Waals surface area contributed by atoms with Crippen LogP contribution in [0.3, 0.4) is 0 Å². The van der Waals surface area contributed by atoms with E-state index in [0.29, 0.717) is 25.1 Å². The van der Waals surface area contributed by atoms with Crippen LogP contribution in [0.1, 0.15) is 62.1 Å². The van der Waals surface area contributed by atoms with E-state index in [0.717, 1.165) is 29.2 Å². The highest BCUT2D eigenvalue weighted by molar-refractivity contribution is 6.08. The van der Waals surface area contributed by atoms with Crippen LogP contribution >= 0.6 is 0 Å². The molecule has 0 heterocycles. The molecule has 0 saturated carbocycles. The highest BCUT2D eigenvalue weighted by atomic mass is 16.3. The van der Waals surface area contributed by atoms with Crippen molar-refractivity contribution in [2.45, 2.75) is 46.1 Å². The van der Waals surface area contributed by atoms with Gasteiger partial charge in [0, 0.05) is 13.1 Å². The second-order valence-corrected chi connectivity index (χ2v) is 5.89. The Hall–Kier alpha value is -1.87. The minimum atomic E-state index is -0.589. The van der Waals surface area contributed by atoms with Crippen molar-refractivity contribution in [3.05, 3.63) is 47.5 Å². The fraction of sp³-hybridized carbons (Fsp3) is 0.450. The molecule has 0 aliphatic rings. The summed E-state index contributed by atoms with van der Waals surface area (Å²) in [5, 5.41) is 12.6. The van der Waals surface area contributed by atoms with Gasteiger partial charge >= 0.3 is 0 Å². The lowest BCUT2D eigenvalue weighted by Crippen LogP contribution is -2.31. The molecule has 1 N–H and O–H groups in total. The number of rotatable bonds is 7. The van der Waals surface area contributed by atoms with Gasteiger partial charge in [-0.2, -0.15) is 0 Å². The van der Waals surface area contributed by atoms with E-state index in [1.54, 1.807) is 0 Å². The van der Waals surface area contributed by atoms with Crippen LogP contribution in [0.4, 0.5) is 0 Å². The Morgan fingerprint density at radius 3 is 2.43 bits per heavy atom. The van der Waals surface area contributed by atoms with Gasteiger partial charge in [0.15, 0.2) is 0 Å². The van der Waals surface area contributed by atoms with Gasteiger partial charge in [-0.15, -0.1) is 0 Å². The Labute approximate surface area is 138 Å². The van der Waals surface area contributed by atoms with E-state index in [1.165, 1.54) is 0 Å². The average molecular weight is 313 g/mol. The molecule has 1 atom stereocenters. The van der Waals surface area contributed by atoms with E-state index in [1.807, 2.05) is 55.1 Å². The molecule has 0 aliphatic heterocycles. The number of carbonyl (C=O) groups excluding carboxylic acids is 1.